The molecule has 1 atom stereocenters. The molecule has 0 bridgehead atoms. The van der Waals surface area contributed by atoms with Gasteiger partial charge in [-0.15, -0.1) is 34.3 Å². The molecular weight excluding hydrogens is 358 g/mol. The molecule has 0 saturated carbocycles. The second kappa shape index (κ2) is 4.94. The van der Waals surface area contributed by atoms with E-state index in [9.17, 15) is 0 Å². The van der Waals surface area contributed by atoms with E-state index in [1.807, 2.05) is 18.2 Å². The maximum atomic E-state index is 6.32. The molecule has 0 saturated heterocycles. The number of alkyl halides is 1. The van der Waals surface area contributed by atoms with Crippen molar-refractivity contribution in [2.45, 2.75) is 5.38 Å². The van der Waals surface area contributed by atoms with Gasteiger partial charge in [-0.05, 0) is 34.1 Å². The van der Waals surface area contributed by atoms with Crippen molar-refractivity contribution in [2.75, 3.05) is 0 Å². The number of hydrogen-bond acceptors (Lipinski definition) is 2. The minimum Gasteiger partial charge on any atom is -0.131 e. The molecule has 6 heteroatoms. The van der Waals surface area contributed by atoms with Gasteiger partial charge in [0.05, 0.1) is 17.8 Å². The van der Waals surface area contributed by atoms with Gasteiger partial charge in [-0.2, -0.15) is 0 Å². The van der Waals surface area contributed by atoms with Crippen LogP contribution in [0.15, 0.2) is 22.0 Å². The first-order chi connectivity index (χ1) is 7.08. The Balaban J connectivity index is 2.35. The summed E-state index contributed by atoms with van der Waals surface area (Å²) in [6.07, 6.45) is 0. The molecule has 0 amide bonds. The van der Waals surface area contributed by atoms with Crippen LogP contribution in [-0.2, 0) is 0 Å². The Bertz CT molecular complexity index is 477. The summed E-state index contributed by atoms with van der Waals surface area (Å²) in [6.45, 7) is 0. The highest BCUT2D eigenvalue weighted by atomic mass is 79.9. The summed E-state index contributed by atoms with van der Waals surface area (Å²) >= 11 is 24.6. The standard InChI is InChI=1S/C9H4BrCl3S2/c10-6-2-1-5(14-6)8(12)4-3-7(11)15-9(4)13/h1-3,8H. The molecule has 0 aliphatic heterocycles. The number of halogens is 4. The van der Waals surface area contributed by atoms with Crippen LogP contribution < -0.4 is 0 Å². The highest BCUT2D eigenvalue weighted by Gasteiger charge is 2.18. The molecule has 0 aromatic carbocycles. The molecule has 0 aliphatic carbocycles. The smallest absolute Gasteiger partial charge is 0.0994 e. The second-order valence-electron chi connectivity index (χ2n) is 2.78. The van der Waals surface area contributed by atoms with Gasteiger partial charge < -0.3 is 0 Å². The lowest BCUT2D eigenvalue weighted by molar-refractivity contribution is 1.20. The van der Waals surface area contributed by atoms with Crippen molar-refractivity contribution in [2.24, 2.45) is 0 Å². The van der Waals surface area contributed by atoms with Crippen molar-refractivity contribution in [1.82, 2.24) is 0 Å². The van der Waals surface area contributed by atoms with Gasteiger partial charge >= 0.3 is 0 Å². The molecule has 2 heterocycles. The third kappa shape index (κ3) is 2.71. The molecular formula is C9H4BrCl3S2. The average molecular weight is 363 g/mol. The van der Waals surface area contributed by atoms with Gasteiger partial charge in [0.25, 0.3) is 0 Å². The Kier molecular flexibility index (Phi) is 4.03. The zero-order valence-electron chi connectivity index (χ0n) is 7.14. The largest absolute Gasteiger partial charge is 0.131 e. The monoisotopic (exact) mass is 360 g/mol. The normalized spacial score (nSPS) is 13.1. The minimum atomic E-state index is -0.224. The van der Waals surface area contributed by atoms with Crippen molar-refractivity contribution in [1.29, 1.82) is 0 Å². The van der Waals surface area contributed by atoms with Crippen molar-refractivity contribution in [3.8, 4) is 0 Å². The highest BCUT2D eigenvalue weighted by molar-refractivity contribution is 9.11. The van der Waals surface area contributed by atoms with E-state index in [1.165, 1.54) is 11.3 Å². The molecule has 0 aliphatic rings. The average Bonchev–Trinajstić information content (AvgIpc) is 2.71. The first kappa shape index (κ1) is 12.2. The number of thiophene rings is 2. The third-order valence-electron chi connectivity index (χ3n) is 1.80. The van der Waals surface area contributed by atoms with Gasteiger partial charge in [-0.1, -0.05) is 23.2 Å². The summed E-state index contributed by atoms with van der Waals surface area (Å²) in [7, 11) is 0. The summed E-state index contributed by atoms with van der Waals surface area (Å²) < 4.78 is 2.38. The van der Waals surface area contributed by atoms with E-state index in [0.29, 0.717) is 8.67 Å². The Labute approximate surface area is 119 Å². The van der Waals surface area contributed by atoms with Crippen LogP contribution in [0.5, 0.6) is 0 Å². The van der Waals surface area contributed by atoms with Crippen LogP contribution in [0.25, 0.3) is 0 Å². The van der Waals surface area contributed by atoms with Gasteiger partial charge in [-0.3, -0.25) is 0 Å². The molecule has 2 aromatic heterocycles. The predicted molar refractivity (Wildman–Crippen MR) is 74.1 cm³/mol. The molecule has 0 nitrogen and oxygen atoms in total. The van der Waals surface area contributed by atoms with Gasteiger partial charge in [-0.25, -0.2) is 0 Å². The zero-order valence-corrected chi connectivity index (χ0v) is 12.6. The number of rotatable bonds is 2. The van der Waals surface area contributed by atoms with E-state index in [4.69, 9.17) is 34.8 Å². The maximum Gasteiger partial charge on any atom is 0.0994 e. The molecule has 2 rings (SSSR count). The summed E-state index contributed by atoms with van der Waals surface area (Å²) in [5.74, 6) is 0. The van der Waals surface area contributed by atoms with E-state index in [1.54, 1.807) is 11.3 Å². The molecule has 80 valence electrons. The molecule has 0 spiro atoms. The summed E-state index contributed by atoms with van der Waals surface area (Å²) in [5.41, 5.74) is 0.877. The van der Waals surface area contributed by atoms with Crippen molar-refractivity contribution in [3.63, 3.8) is 0 Å². The maximum absolute atomic E-state index is 6.32. The van der Waals surface area contributed by atoms with Crippen LogP contribution in [0.1, 0.15) is 15.8 Å². The van der Waals surface area contributed by atoms with E-state index in [2.05, 4.69) is 15.9 Å². The minimum absolute atomic E-state index is 0.224. The molecule has 1 unspecified atom stereocenters. The summed E-state index contributed by atoms with van der Waals surface area (Å²) in [6, 6.07) is 5.77. The summed E-state index contributed by atoms with van der Waals surface area (Å²) in [4.78, 5) is 1.06. The Hall–Kier alpha value is 0.750. The van der Waals surface area contributed by atoms with Gasteiger partial charge in [0, 0.05) is 10.4 Å². The van der Waals surface area contributed by atoms with Gasteiger partial charge in [0.2, 0.25) is 0 Å². The first-order valence-electron chi connectivity index (χ1n) is 3.92. The topological polar surface area (TPSA) is 0 Å². The lowest BCUT2D eigenvalue weighted by Gasteiger charge is -2.04. The van der Waals surface area contributed by atoms with Crippen LogP contribution in [0.4, 0.5) is 0 Å². The van der Waals surface area contributed by atoms with Crippen LogP contribution in [0.3, 0.4) is 0 Å². The van der Waals surface area contributed by atoms with Crippen LogP contribution >= 0.6 is 73.4 Å². The van der Waals surface area contributed by atoms with E-state index in [-0.39, 0.29) is 5.38 Å². The SMILES string of the molecule is Clc1cc(C(Cl)c2ccc(Br)s2)c(Cl)s1. The van der Waals surface area contributed by atoms with Crippen LogP contribution in [-0.4, -0.2) is 0 Å². The van der Waals surface area contributed by atoms with E-state index in [0.717, 1.165) is 14.2 Å². The second-order valence-corrected chi connectivity index (χ2v) is 8.00. The predicted octanol–water partition coefficient (Wildman–Crippen LogP) is 6.21. The number of hydrogen-bond donors (Lipinski definition) is 0. The lowest BCUT2D eigenvalue weighted by Crippen LogP contribution is -1.87. The zero-order chi connectivity index (χ0) is 11.0. The van der Waals surface area contributed by atoms with Crippen LogP contribution in [0.2, 0.25) is 8.67 Å². The Morgan fingerprint density at radius 3 is 2.40 bits per heavy atom. The van der Waals surface area contributed by atoms with Crippen molar-refractivity contribution in [3.05, 3.63) is 41.1 Å². The Morgan fingerprint density at radius 2 is 1.93 bits per heavy atom. The molecule has 15 heavy (non-hydrogen) atoms. The molecule has 0 fully saturated rings. The van der Waals surface area contributed by atoms with Crippen molar-refractivity contribution < 1.29 is 0 Å². The fourth-order valence-corrected chi connectivity index (χ4v) is 4.60. The fourth-order valence-electron chi connectivity index (χ4n) is 1.14. The van der Waals surface area contributed by atoms with E-state index >= 15 is 0 Å². The molecule has 2 aromatic rings. The molecule has 0 N–H and O–H groups in total. The lowest BCUT2D eigenvalue weighted by atomic mass is 10.2. The molecule has 0 radical (unpaired) electrons. The quantitative estimate of drug-likeness (QED) is 0.557. The van der Waals surface area contributed by atoms with Gasteiger partial charge in [0.15, 0.2) is 0 Å². The Morgan fingerprint density at radius 1 is 1.20 bits per heavy atom. The van der Waals surface area contributed by atoms with Gasteiger partial charge in [0.1, 0.15) is 0 Å². The summed E-state index contributed by atoms with van der Waals surface area (Å²) in [5, 5.41) is -0.224. The third-order valence-corrected chi connectivity index (χ3v) is 5.61. The fraction of sp³-hybridized carbons (Fsp3) is 0.111. The first-order valence-corrected chi connectivity index (χ1v) is 7.54. The van der Waals surface area contributed by atoms with E-state index < -0.39 is 0 Å². The highest BCUT2D eigenvalue weighted by Crippen LogP contribution is 2.42. The van der Waals surface area contributed by atoms with Crippen molar-refractivity contribution >= 4 is 73.4 Å². The van der Waals surface area contributed by atoms with Crippen LogP contribution in [0, 0.1) is 0 Å².